The molecule has 1 atom stereocenters. The summed E-state index contributed by atoms with van der Waals surface area (Å²) in [6, 6.07) is 19.5. The Morgan fingerprint density at radius 3 is 2.68 bits per heavy atom. The highest BCUT2D eigenvalue weighted by molar-refractivity contribution is 7.80. The molecule has 1 aliphatic rings. The summed E-state index contributed by atoms with van der Waals surface area (Å²) in [4.78, 5) is 2.22. The molecule has 0 radical (unpaired) electrons. The van der Waals surface area contributed by atoms with Gasteiger partial charge in [0.1, 0.15) is 0 Å². The molecule has 0 bridgehead atoms. The van der Waals surface area contributed by atoms with Gasteiger partial charge in [0.2, 0.25) is 0 Å². The summed E-state index contributed by atoms with van der Waals surface area (Å²) in [6.45, 7) is 0.776. The largest absolute Gasteiger partial charge is 0.358 e. The van der Waals surface area contributed by atoms with E-state index < -0.39 is 0 Å². The lowest BCUT2D eigenvalue weighted by atomic mass is 9.87. The highest BCUT2D eigenvalue weighted by Gasteiger charge is 2.24. The second-order valence-electron chi connectivity index (χ2n) is 5.86. The second kappa shape index (κ2) is 6.93. The molecule has 0 fully saturated rings. The molecule has 0 saturated carbocycles. The Morgan fingerprint density at radius 2 is 1.86 bits per heavy atom. The van der Waals surface area contributed by atoms with Crippen LogP contribution in [0.4, 0.5) is 0 Å². The van der Waals surface area contributed by atoms with Gasteiger partial charge in [0.05, 0.1) is 6.04 Å². The third kappa shape index (κ3) is 3.30. The quantitative estimate of drug-likeness (QED) is 0.860. The van der Waals surface area contributed by atoms with E-state index in [9.17, 15) is 0 Å². The fourth-order valence-corrected chi connectivity index (χ4v) is 3.37. The van der Waals surface area contributed by atoms with E-state index in [2.05, 4.69) is 65.8 Å². The van der Waals surface area contributed by atoms with Crippen LogP contribution in [0.15, 0.2) is 54.6 Å². The molecule has 0 aliphatic heterocycles. The van der Waals surface area contributed by atoms with Gasteiger partial charge in [0.15, 0.2) is 5.11 Å². The molecule has 3 heteroatoms. The van der Waals surface area contributed by atoms with Gasteiger partial charge in [-0.05, 0) is 48.2 Å². The molecule has 1 aliphatic carbocycles. The number of hydrogen-bond donors (Lipinski definition) is 1. The van der Waals surface area contributed by atoms with Crippen LogP contribution in [0.1, 0.15) is 35.6 Å². The number of rotatable bonds is 3. The van der Waals surface area contributed by atoms with Crippen LogP contribution in [-0.2, 0) is 13.0 Å². The summed E-state index contributed by atoms with van der Waals surface area (Å²) in [5.74, 6) is 0. The van der Waals surface area contributed by atoms with Crippen LogP contribution >= 0.6 is 12.2 Å². The van der Waals surface area contributed by atoms with Crippen molar-refractivity contribution in [3.63, 3.8) is 0 Å². The molecular weight excluding hydrogens is 288 g/mol. The molecule has 0 spiro atoms. The minimum Gasteiger partial charge on any atom is -0.358 e. The van der Waals surface area contributed by atoms with Crippen molar-refractivity contribution in [1.82, 2.24) is 10.2 Å². The number of thiocarbonyl (C=S) groups is 1. The maximum atomic E-state index is 5.60. The zero-order valence-corrected chi connectivity index (χ0v) is 13.8. The average Bonchev–Trinajstić information content (AvgIpc) is 2.59. The van der Waals surface area contributed by atoms with E-state index >= 15 is 0 Å². The monoisotopic (exact) mass is 310 g/mol. The molecule has 1 N–H and O–H groups in total. The topological polar surface area (TPSA) is 15.3 Å². The van der Waals surface area contributed by atoms with Crippen LogP contribution in [0.25, 0.3) is 0 Å². The molecule has 0 unspecified atom stereocenters. The number of hydrogen-bond acceptors (Lipinski definition) is 1. The lowest BCUT2D eigenvalue weighted by Crippen LogP contribution is -2.40. The Morgan fingerprint density at radius 1 is 1.14 bits per heavy atom. The van der Waals surface area contributed by atoms with Crippen molar-refractivity contribution in [2.45, 2.75) is 31.8 Å². The Balaban J connectivity index is 1.66. The number of nitrogens with zero attached hydrogens (tertiary/aromatic N) is 1. The summed E-state index contributed by atoms with van der Waals surface area (Å²) in [5.41, 5.74) is 4.15. The molecule has 2 nitrogen and oxygen atoms in total. The van der Waals surface area contributed by atoms with Gasteiger partial charge in [-0.1, -0.05) is 54.6 Å². The van der Waals surface area contributed by atoms with Gasteiger partial charge in [-0.15, -0.1) is 0 Å². The molecule has 0 heterocycles. The van der Waals surface area contributed by atoms with Crippen molar-refractivity contribution in [2.75, 3.05) is 7.05 Å². The van der Waals surface area contributed by atoms with Crippen molar-refractivity contribution < 1.29 is 0 Å². The molecule has 0 saturated heterocycles. The first-order valence-corrected chi connectivity index (χ1v) is 8.29. The van der Waals surface area contributed by atoms with E-state index in [0.29, 0.717) is 6.04 Å². The van der Waals surface area contributed by atoms with Crippen molar-refractivity contribution in [1.29, 1.82) is 0 Å². The highest BCUT2D eigenvalue weighted by Crippen LogP contribution is 2.33. The Hall–Kier alpha value is -1.87. The maximum Gasteiger partial charge on any atom is 0.169 e. The fraction of sp³-hybridized carbons (Fsp3) is 0.316. The molecular formula is C19H22N2S. The Bertz CT molecular complexity index is 639. The average molecular weight is 310 g/mol. The molecule has 114 valence electrons. The first-order valence-electron chi connectivity index (χ1n) is 7.88. The van der Waals surface area contributed by atoms with Crippen LogP contribution < -0.4 is 5.32 Å². The zero-order valence-electron chi connectivity index (χ0n) is 13.0. The van der Waals surface area contributed by atoms with Crippen molar-refractivity contribution in [2.24, 2.45) is 0 Å². The van der Waals surface area contributed by atoms with Gasteiger partial charge in [0, 0.05) is 13.6 Å². The number of benzene rings is 2. The molecule has 2 aromatic rings. The van der Waals surface area contributed by atoms with Gasteiger partial charge in [0.25, 0.3) is 0 Å². The predicted molar refractivity (Wildman–Crippen MR) is 95.8 cm³/mol. The van der Waals surface area contributed by atoms with Gasteiger partial charge in [-0.2, -0.15) is 0 Å². The van der Waals surface area contributed by atoms with E-state index in [1.54, 1.807) is 0 Å². The minimum absolute atomic E-state index is 0.390. The van der Waals surface area contributed by atoms with E-state index in [1.807, 2.05) is 6.07 Å². The smallest absolute Gasteiger partial charge is 0.169 e. The maximum absolute atomic E-state index is 5.60. The molecule has 0 amide bonds. The Kier molecular flexibility index (Phi) is 4.74. The SMILES string of the molecule is CN(C(=S)NCc1ccccc1)[C@H]1CCCc2ccccc21. The summed E-state index contributed by atoms with van der Waals surface area (Å²) in [5, 5.41) is 4.21. The van der Waals surface area contributed by atoms with E-state index in [-0.39, 0.29) is 0 Å². The predicted octanol–water partition coefficient (Wildman–Crippen LogP) is 4.07. The summed E-state index contributed by atoms with van der Waals surface area (Å²) >= 11 is 5.60. The van der Waals surface area contributed by atoms with Crippen LogP contribution in [-0.4, -0.2) is 17.1 Å². The standard InChI is InChI=1S/C19H22N2S/c1-21(19(22)20-14-15-8-3-2-4-9-15)18-13-7-11-16-10-5-6-12-17(16)18/h2-6,8-10,12,18H,7,11,13-14H2,1H3,(H,20,22)/t18-/m0/s1. The van der Waals surface area contributed by atoms with Crippen LogP contribution in [0, 0.1) is 0 Å². The second-order valence-corrected chi connectivity index (χ2v) is 6.25. The normalized spacial score (nSPS) is 16.7. The van der Waals surface area contributed by atoms with Gasteiger partial charge >= 0.3 is 0 Å². The van der Waals surface area contributed by atoms with Gasteiger partial charge < -0.3 is 10.2 Å². The molecule has 2 aromatic carbocycles. The summed E-state index contributed by atoms with van der Waals surface area (Å²) in [7, 11) is 2.10. The minimum atomic E-state index is 0.390. The first kappa shape index (κ1) is 15.0. The van der Waals surface area contributed by atoms with Crippen LogP contribution in [0.2, 0.25) is 0 Å². The Labute approximate surface area is 138 Å². The van der Waals surface area contributed by atoms with Crippen LogP contribution in [0.5, 0.6) is 0 Å². The molecule has 0 aromatic heterocycles. The fourth-order valence-electron chi connectivity index (χ4n) is 3.17. The molecule has 22 heavy (non-hydrogen) atoms. The molecule has 3 rings (SSSR count). The summed E-state index contributed by atoms with van der Waals surface area (Å²) in [6.07, 6.45) is 3.58. The van der Waals surface area contributed by atoms with E-state index in [4.69, 9.17) is 12.2 Å². The van der Waals surface area contributed by atoms with Crippen molar-refractivity contribution >= 4 is 17.3 Å². The number of nitrogens with one attached hydrogen (secondary N) is 1. The van der Waals surface area contributed by atoms with Crippen molar-refractivity contribution in [3.05, 3.63) is 71.3 Å². The van der Waals surface area contributed by atoms with Gasteiger partial charge in [-0.25, -0.2) is 0 Å². The van der Waals surface area contributed by atoms with Gasteiger partial charge in [-0.3, -0.25) is 0 Å². The first-order chi connectivity index (χ1) is 10.8. The van der Waals surface area contributed by atoms with E-state index in [1.165, 1.54) is 36.0 Å². The third-order valence-corrected chi connectivity index (χ3v) is 4.84. The lowest BCUT2D eigenvalue weighted by molar-refractivity contribution is 0.328. The third-order valence-electron chi connectivity index (χ3n) is 4.41. The number of fused-ring (bicyclic) bond motifs is 1. The number of aryl methyl sites for hydroxylation is 1. The van der Waals surface area contributed by atoms with Crippen molar-refractivity contribution in [3.8, 4) is 0 Å². The van der Waals surface area contributed by atoms with E-state index in [0.717, 1.165) is 11.7 Å². The van der Waals surface area contributed by atoms with Crippen LogP contribution in [0.3, 0.4) is 0 Å². The summed E-state index contributed by atoms with van der Waals surface area (Å²) < 4.78 is 0. The lowest BCUT2D eigenvalue weighted by Gasteiger charge is -2.35. The zero-order chi connectivity index (χ0) is 15.4. The highest BCUT2D eigenvalue weighted by atomic mass is 32.1.